The Bertz CT molecular complexity index is 1290. The van der Waals surface area contributed by atoms with Crippen LogP contribution in [0.4, 0.5) is 11.4 Å². The van der Waals surface area contributed by atoms with Crippen molar-refractivity contribution in [3.8, 4) is 23.0 Å². The summed E-state index contributed by atoms with van der Waals surface area (Å²) >= 11 is 0. The second kappa shape index (κ2) is 8.23. The van der Waals surface area contributed by atoms with Crippen molar-refractivity contribution in [2.24, 2.45) is 0 Å². The summed E-state index contributed by atoms with van der Waals surface area (Å²) in [6.07, 6.45) is 0. The number of nitrogens with one attached hydrogen (secondary N) is 1. The van der Waals surface area contributed by atoms with Crippen LogP contribution in [0, 0.1) is 0 Å². The second-order valence-electron chi connectivity index (χ2n) is 7.29. The Labute approximate surface area is 189 Å². The fourth-order valence-corrected chi connectivity index (χ4v) is 3.84. The van der Waals surface area contributed by atoms with Crippen molar-refractivity contribution in [3.63, 3.8) is 0 Å². The molecule has 5 rings (SSSR count). The molecule has 0 saturated carbocycles. The van der Waals surface area contributed by atoms with Gasteiger partial charge in [-0.15, -0.1) is 0 Å². The topological polar surface area (TPSA) is 86.3 Å². The molecule has 3 aromatic carbocycles. The third kappa shape index (κ3) is 3.51. The van der Waals surface area contributed by atoms with Crippen LogP contribution in [-0.4, -0.2) is 32.8 Å². The van der Waals surface area contributed by atoms with Crippen LogP contribution < -0.4 is 29.2 Å². The van der Waals surface area contributed by atoms with Crippen molar-refractivity contribution in [1.82, 2.24) is 0 Å². The predicted octanol–water partition coefficient (Wildman–Crippen LogP) is 3.83. The van der Waals surface area contributed by atoms with E-state index in [-0.39, 0.29) is 18.1 Å². The van der Waals surface area contributed by atoms with Crippen LogP contribution in [0.1, 0.15) is 5.56 Å². The van der Waals surface area contributed by atoms with Crippen LogP contribution in [0.5, 0.6) is 23.0 Å². The van der Waals surface area contributed by atoms with E-state index in [4.69, 9.17) is 18.9 Å². The monoisotopic (exact) mass is 444 g/mol. The minimum Gasteiger partial charge on any atom is -0.493 e. The summed E-state index contributed by atoms with van der Waals surface area (Å²) in [7, 11) is 3.02. The number of carbonyl (C=O) groups is 2. The minimum absolute atomic E-state index is 0.140. The van der Waals surface area contributed by atoms with Crippen molar-refractivity contribution in [2.45, 2.75) is 0 Å². The van der Waals surface area contributed by atoms with Gasteiger partial charge in [0.2, 0.25) is 6.79 Å². The molecule has 2 aliphatic rings. The lowest BCUT2D eigenvalue weighted by atomic mass is 10.0. The van der Waals surface area contributed by atoms with E-state index in [1.54, 1.807) is 48.5 Å². The summed E-state index contributed by atoms with van der Waals surface area (Å²) in [5.41, 5.74) is 2.03. The Morgan fingerprint density at radius 1 is 0.818 bits per heavy atom. The molecule has 166 valence electrons. The number of amides is 2. The molecule has 0 aromatic heterocycles. The van der Waals surface area contributed by atoms with E-state index in [1.165, 1.54) is 14.2 Å². The fourth-order valence-electron chi connectivity index (χ4n) is 3.84. The Kier molecular flexibility index (Phi) is 5.10. The average molecular weight is 444 g/mol. The number of hydrogen-bond acceptors (Lipinski definition) is 7. The van der Waals surface area contributed by atoms with Gasteiger partial charge >= 0.3 is 0 Å². The number of imide groups is 1. The standard InChI is InChI=1S/C25H20N2O6/c1-30-18-11-9-17(13-20(18)31-2)27-24(28)22(15-6-4-3-5-7-15)23(25(27)29)26-16-8-10-19-21(12-16)33-14-32-19/h3-13,26H,14H2,1-2H3. The summed E-state index contributed by atoms with van der Waals surface area (Å²) in [6.45, 7) is 0.140. The van der Waals surface area contributed by atoms with Crippen LogP contribution in [0.15, 0.2) is 72.4 Å². The molecule has 0 radical (unpaired) electrons. The first-order valence-electron chi connectivity index (χ1n) is 10.2. The zero-order chi connectivity index (χ0) is 22.9. The average Bonchev–Trinajstić information content (AvgIpc) is 3.41. The minimum atomic E-state index is -0.483. The van der Waals surface area contributed by atoms with E-state index in [0.717, 1.165) is 4.90 Å². The second-order valence-corrected chi connectivity index (χ2v) is 7.29. The molecule has 0 spiro atoms. The number of ether oxygens (including phenoxy) is 4. The lowest BCUT2D eigenvalue weighted by Crippen LogP contribution is -2.32. The van der Waals surface area contributed by atoms with Crippen LogP contribution >= 0.6 is 0 Å². The van der Waals surface area contributed by atoms with Crippen molar-refractivity contribution >= 4 is 28.8 Å². The van der Waals surface area contributed by atoms with Gasteiger partial charge in [-0.25, -0.2) is 4.90 Å². The van der Waals surface area contributed by atoms with E-state index in [1.807, 2.05) is 18.2 Å². The molecule has 0 saturated heterocycles. The van der Waals surface area contributed by atoms with E-state index in [0.29, 0.717) is 39.9 Å². The summed E-state index contributed by atoms with van der Waals surface area (Å²) in [4.78, 5) is 28.2. The zero-order valence-corrected chi connectivity index (χ0v) is 18.0. The van der Waals surface area contributed by atoms with Gasteiger partial charge in [-0.05, 0) is 29.8 Å². The molecular weight excluding hydrogens is 424 g/mol. The van der Waals surface area contributed by atoms with Gasteiger partial charge in [-0.2, -0.15) is 0 Å². The molecule has 33 heavy (non-hydrogen) atoms. The number of methoxy groups -OCH3 is 2. The maximum Gasteiger partial charge on any atom is 0.282 e. The Hall–Kier alpha value is -4.46. The lowest BCUT2D eigenvalue weighted by molar-refractivity contribution is -0.120. The van der Waals surface area contributed by atoms with E-state index < -0.39 is 11.8 Å². The van der Waals surface area contributed by atoms with Gasteiger partial charge in [-0.3, -0.25) is 9.59 Å². The zero-order valence-electron chi connectivity index (χ0n) is 18.0. The quantitative estimate of drug-likeness (QED) is 0.579. The Morgan fingerprint density at radius 3 is 2.33 bits per heavy atom. The molecule has 0 unspecified atom stereocenters. The molecule has 2 heterocycles. The number of anilines is 2. The van der Waals surface area contributed by atoms with Gasteiger partial charge in [0.05, 0.1) is 25.5 Å². The predicted molar refractivity (Wildman–Crippen MR) is 122 cm³/mol. The molecule has 8 heteroatoms. The molecule has 8 nitrogen and oxygen atoms in total. The van der Waals surface area contributed by atoms with Crippen molar-refractivity contribution in [3.05, 3.63) is 78.0 Å². The summed E-state index contributed by atoms with van der Waals surface area (Å²) in [6, 6.07) is 19.2. The number of nitrogens with zero attached hydrogens (tertiary/aromatic N) is 1. The molecule has 1 N–H and O–H groups in total. The van der Waals surface area contributed by atoms with Crippen molar-refractivity contribution < 1.29 is 28.5 Å². The first-order valence-corrected chi connectivity index (χ1v) is 10.2. The fraction of sp³-hybridized carbons (Fsp3) is 0.120. The maximum absolute atomic E-state index is 13.5. The molecule has 0 atom stereocenters. The molecular formula is C25H20N2O6. The van der Waals surface area contributed by atoms with Crippen LogP contribution in [0.2, 0.25) is 0 Å². The largest absolute Gasteiger partial charge is 0.493 e. The molecule has 3 aromatic rings. The summed E-state index contributed by atoms with van der Waals surface area (Å²) < 4.78 is 21.4. The number of benzene rings is 3. The van der Waals surface area contributed by atoms with Crippen LogP contribution in [-0.2, 0) is 9.59 Å². The Morgan fingerprint density at radius 2 is 1.58 bits per heavy atom. The maximum atomic E-state index is 13.5. The molecule has 0 aliphatic carbocycles. The highest BCUT2D eigenvalue weighted by Gasteiger charge is 2.40. The normalized spacial score (nSPS) is 14.7. The molecule has 2 amide bonds. The van der Waals surface area contributed by atoms with Crippen LogP contribution in [0.25, 0.3) is 5.57 Å². The highest BCUT2D eigenvalue weighted by atomic mass is 16.7. The summed E-state index contributed by atoms with van der Waals surface area (Å²) in [5, 5.41) is 3.13. The third-order valence-corrected chi connectivity index (χ3v) is 5.41. The van der Waals surface area contributed by atoms with E-state index in [2.05, 4.69) is 5.32 Å². The van der Waals surface area contributed by atoms with E-state index in [9.17, 15) is 9.59 Å². The van der Waals surface area contributed by atoms with Gasteiger partial charge in [-0.1, -0.05) is 30.3 Å². The lowest BCUT2D eigenvalue weighted by Gasteiger charge is -2.17. The van der Waals surface area contributed by atoms with Gasteiger partial charge < -0.3 is 24.3 Å². The first-order chi connectivity index (χ1) is 16.1. The van der Waals surface area contributed by atoms with Gasteiger partial charge in [0.15, 0.2) is 23.0 Å². The van der Waals surface area contributed by atoms with Crippen molar-refractivity contribution in [2.75, 3.05) is 31.2 Å². The molecule has 0 fully saturated rings. The number of rotatable bonds is 6. The van der Waals surface area contributed by atoms with Crippen molar-refractivity contribution in [1.29, 1.82) is 0 Å². The SMILES string of the molecule is COc1ccc(N2C(=O)C(Nc3ccc4c(c3)OCO4)=C(c3ccccc3)C2=O)cc1OC. The number of carbonyl (C=O) groups excluding carboxylic acids is 2. The van der Waals surface area contributed by atoms with Crippen LogP contribution in [0.3, 0.4) is 0 Å². The molecule has 2 aliphatic heterocycles. The number of hydrogen-bond donors (Lipinski definition) is 1. The Balaban J connectivity index is 1.57. The van der Waals surface area contributed by atoms with Gasteiger partial charge in [0, 0.05) is 17.8 Å². The highest BCUT2D eigenvalue weighted by molar-refractivity contribution is 6.46. The van der Waals surface area contributed by atoms with E-state index >= 15 is 0 Å². The first kappa shape index (κ1) is 20.4. The number of fused-ring (bicyclic) bond motifs is 1. The smallest absolute Gasteiger partial charge is 0.282 e. The van der Waals surface area contributed by atoms with Gasteiger partial charge in [0.1, 0.15) is 5.70 Å². The van der Waals surface area contributed by atoms with Gasteiger partial charge in [0.25, 0.3) is 11.8 Å². The summed E-state index contributed by atoms with van der Waals surface area (Å²) in [5.74, 6) is 1.17. The third-order valence-electron chi connectivity index (χ3n) is 5.41. The molecule has 0 bridgehead atoms. The highest BCUT2D eigenvalue weighted by Crippen LogP contribution is 2.39.